The minimum atomic E-state index is 0. The van der Waals surface area contributed by atoms with E-state index < -0.39 is 0 Å². The summed E-state index contributed by atoms with van der Waals surface area (Å²) in [5.74, 6) is 0. The molecule has 0 saturated carbocycles. The fourth-order valence-electron chi connectivity index (χ4n) is 3.08. The summed E-state index contributed by atoms with van der Waals surface area (Å²) in [6.45, 7) is 15.3. The molecule has 0 amide bonds. The van der Waals surface area contributed by atoms with Crippen LogP contribution in [0.2, 0.25) is 0 Å². The van der Waals surface area contributed by atoms with Gasteiger partial charge in [-0.25, -0.2) is 0 Å². The van der Waals surface area contributed by atoms with Crippen LogP contribution in [0.5, 0.6) is 0 Å². The molecule has 0 aliphatic heterocycles. The Morgan fingerprint density at radius 1 is 0.758 bits per heavy atom. The molecule has 0 bridgehead atoms. The van der Waals surface area contributed by atoms with Gasteiger partial charge < -0.3 is 18.3 Å². The topological polar surface area (TPSA) is 17.6 Å². The third kappa shape index (κ3) is 7.27. The van der Waals surface area contributed by atoms with Gasteiger partial charge in [0, 0.05) is 24.8 Å². The van der Waals surface area contributed by atoms with Crippen LogP contribution in [0.1, 0.15) is 66.1 Å². The van der Waals surface area contributed by atoms with Gasteiger partial charge in [0.2, 0.25) is 12.7 Å². The van der Waals surface area contributed by atoms with Crippen LogP contribution in [0.3, 0.4) is 0 Å². The standard InChI is InChI=1S/C22H29N4.C6H5.Pt/c1-17(2)23-8-10-25(15-23)20-12-19(22(5,6)7)13-21(14-20)26-11-9-24(16-26)18(3)4;1-2-4-6-5-3-1;/h8-13,17-18H,1-7H3;1-5H;/q2*-1;+4. The fourth-order valence-corrected chi connectivity index (χ4v) is 3.08. The molecule has 4 nitrogen and oxygen atoms in total. The summed E-state index contributed by atoms with van der Waals surface area (Å²) in [7, 11) is 0. The average Bonchev–Trinajstić information content (AvgIpc) is 3.45. The van der Waals surface area contributed by atoms with E-state index in [1.807, 2.05) is 51.9 Å². The van der Waals surface area contributed by atoms with Crippen LogP contribution in [0.15, 0.2) is 67.3 Å². The molecule has 2 heterocycles. The number of benzene rings is 2. The van der Waals surface area contributed by atoms with E-state index in [9.17, 15) is 0 Å². The Morgan fingerprint density at radius 2 is 1.21 bits per heavy atom. The van der Waals surface area contributed by atoms with Crippen molar-refractivity contribution >= 4 is 0 Å². The molecule has 0 spiro atoms. The van der Waals surface area contributed by atoms with Crippen molar-refractivity contribution in [3.63, 3.8) is 0 Å². The second kappa shape index (κ2) is 11.6. The van der Waals surface area contributed by atoms with Crippen LogP contribution in [0.4, 0.5) is 0 Å². The Labute approximate surface area is 213 Å². The van der Waals surface area contributed by atoms with Crippen molar-refractivity contribution in [2.24, 2.45) is 0 Å². The summed E-state index contributed by atoms with van der Waals surface area (Å²) in [5, 5.41) is 0. The Balaban J connectivity index is 0.000000479. The molecular formula is C28H34N4Pt+2. The maximum Gasteiger partial charge on any atom is 4.00 e. The molecule has 4 aromatic rings. The monoisotopic (exact) mass is 621 g/mol. The summed E-state index contributed by atoms with van der Waals surface area (Å²) in [6.07, 6.45) is 15.0. The van der Waals surface area contributed by atoms with Crippen molar-refractivity contribution in [2.75, 3.05) is 0 Å². The molecule has 5 heteroatoms. The van der Waals surface area contributed by atoms with Crippen LogP contribution >= 0.6 is 0 Å². The number of aromatic nitrogens is 4. The number of hydrogen-bond acceptors (Lipinski definition) is 0. The zero-order valence-corrected chi connectivity index (χ0v) is 22.9. The number of hydrogen-bond donors (Lipinski definition) is 0. The normalized spacial score (nSPS) is 11.2. The molecule has 0 atom stereocenters. The van der Waals surface area contributed by atoms with Crippen molar-refractivity contribution < 1.29 is 30.2 Å². The van der Waals surface area contributed by atoms with E-state index in [-0.39, 0.29) is 26.5 Å². The van der Waals surface area contributed by atoms with Gasteiger partial charge in [-0.05, 0) is 33.1 Å². The molecule has 2 aromatic heterocycles. The first-order valence-electron chi connectivity index (χ1n) is 11.2. The molecule has 2 aromatic carbocycles. The average molecular weight is 622 g/mol. The van der Waals surface area contributed by atoms with Gasteiger partial charge in [-0.3, -0.25) is 0 Å². The van der Waals surface area contributed by atoms with E-state index >= 15 is 0 Å². The van der Waals surface area contributed by atoms with Crippen molar-refractivity contribution in [2.45, 2.75) is 66.0 Å². The Morgan fingerprint density at radius 3 is 1.48 bits per heavy atom. The molecule has 4 rings (SSSR count). The SMILES string of the molecule is CC(C)[n+]1[c-]n(-c2[c-]c(-n3[c-][n+](C(C)C)cc3)cc(C(C)(C)C)c2)cc1.[Pt+4].[c-]1ccccc1. The van der Waals surface area contributed by atoms with Crippen LogP contribution in [0.25, 0.3) is 11.4 Å². The Bertz CT molecular complexity index is 1030. The van der Waals surface area contributed by atoms with E-state index in [0.717, 1.165) is 11.4 Å². The number of rotatable bonds is 4. The van der Waals surface area contributed by atoms with Crippen molar-refractivity contribution in [1.29, 1.82) is 0 Å². The minimum absolute atomic E-state index is 0. The van der Waals surface area contributed by atoms with Gasteiger partial charge in [-0.2, -0.15) is 60.2 Å². The van der Waals surface area contributed by atoms with Gasteiger partial charge in [0.25, 0.3) is 0 Å². The number of imidazole rings is 2. The molecule has 0 saturated heterocycles. The van der Waals surface area contributed by atoms with Crippen molar-refractivity contribution in [3.05, 3.63) is 97.6 Å². The molecule has 0 aliphatic rings. The van der Waals surface area contributed by atoms with E-state index in [1.165, 1.54) is 5.56 Å². The van der Waals surface area contributed by atoms with Crippen molar-refractivity contribution in [1.82, 2.24) is 9.13 Å². The van der Waals surface area contributed by atoms with Gasteiger partial charge in [-0.15, -0.1) is 0 Å². The smallest absolute Gasteiger partial charge is 0.349 e. The summed E-state index contributed by atoms with van der Waals surface area (Å²) in [5.41, 5.74) is 3.29. The summed E-state index contributed by atoms with van der Waals surface area (Å²) in [6, 6.07) is 21.2. The van der Waals surface area contributed by atoms with Crippen molar-refractivity contribution in [3.8, 4) is 11.4 Å². The van der Waals surface area contributed by atoms with Crippen LogP contribution < -0.4 is 9.13 Å². The van der Waals surface area contributed by atoms with Gasteiger partial charge in [0.15, 0.2) is 0 Å². The van der Waals surface area contributed by atoms with E-state index in [1.54, 1.807) is 0 Å². The summed E-state index contributed by atoms with van der Waals surface area (Å²) < 4.78 is 8.18. The quantitative estimate of drug-likeness (QED) is 0.221. The third-order valence-electron chi connectivity index (χ3n) is 5.14. The second-order valence-electron chi connectivity index (χ2n) is 9.51. The predicted octanol–water partition coefficient (Wildman–Crippen LogP) is 5.19. The van der Waals surface area contributed by atoms with E-state index in [2.05, 4.69) is 107 Å². The largest absolute Gasteiger partial charge is 4.00 e. The maximum absolute atomic E-state index is 3.53. The van der Waals surface area contributed by atoms with Gasteiger partial charge in [0.05, 0.1) is 12.1 Å². The molecule has 0 radical (unpaired) electrons. The number of nitrogens with zero attached hydrogens (tertiary/aromatic N) is 4. The van der Waals surface area contributed by atoms with Gasteiger partial charge >= 0.3 is 21.1 Å². The molecular weight excluding hydrogens is 587 g/mol. The Kier molecular flexibility index (Phi) is 9.43. The third-order valence-corrected chi connectivity index (χ3v) is 5.14. The van der Waals surface area contributed by atoms with Crippen LogP contribution in [-0.4, -0.2) is 9.13 Å². The fraction of sp³-hybridized carbons (Fsp3) is 0.357. The molecule has 174 valence electrons. The summed E-state index contributed by atoms with van der Waals surface area (Å²) >= 11 is 0. The molecule has 0 fully saturated rings. The van der Waals surface area contributed by atoms with Gasteiger partial charge in [-0.1, -0.05) is 32.1 Å². The Hall–Kier alpha value is -2.45. The molecule has 0 N–H and O–H groups in total. The van der Waals surface area contributed by atoms with E-state index in [0.29, 0.717) is 12.1 Å². The predicted molar refractivity (Wildman–Crippen MR) is 127 cm³/mol. The minimum Gasteiger partial charge on any atom is -0.349 e. The van der Waals surface area contributed by atoms with Gasteiger partial charge in [0.1, 0.15) is 0 Å². The second-order valence-corrected chi connectivity index (χ2v) is 9.51. The zero-order chi connectivity index (χ0) is 23.3. The first kappa shape index (κ1) is 26.8. The zero-order valence-electron chi connectivity index (χ0n) is 20.6. The van der Waals surface area contributed by atoms with Crippen LogP contribution in [-0.2, 0) is 26.5 Å². The molecule has 33 heavy (non-hydrogen) atoms. The molecule has 0 aliphatic carbocycles. The first-order valence-corrected chi connectivity index (χ1v) is 11.2. The van der Waals surface area contributed by atoms with Crippen LogP contribution in [0, 0.1) is 24.8 Å². The molecule has 0 unspecified atom stereocenters. The van der Waals surface area contributed by atoms with E-state index in [4.69, 9.17) is 0 Å². The maximum atomic E-state index is 3.53. The first-order chi connectivity index (χ1) is 15.1. The summed E-state index contributed by atoms with van der Waals surface area (Å²) in [4.78, 5) is 0.